The van der Waals surface area contributed by atoms with Crippen molar-refractivity contribution in [3.05, 3.63) is 35.9 Å². The standard InChI is InChI=1S/C16H26O.Ca.2H/c1-2-3-4-5-6-7-11-14-16(17)15-12-9-8-10-13-15;;;/h8-10,12-13,16-17H,2-7,11,14H2,1H3;;;. The Balaban J connectivity index is 0.00000289. The third-order valence-electron chi connectivity index (χ3n) is 3.27. The van der Waals surface area contributed by atoms with E-state index < -0.39 is 0 Å². The summed E-state index contributed by atoms with van der Waals surface area (Å²) in [5, 5.41) is 9.96. The fourth-order valence-corrected chi connectivity index (χ4v) is 2.14. The van der Waals surface area contributed by atoms with Crippen LogP contribution in [0.1, 0.15) is 70.0 Å². The molecule has 0 spiro atoms. The molecule has 0 amide bonds. The number of aliphatic hydroxyl groups excluding tert-OH is 1. The molecule has 0 fully saturated rings. The Bertz CT molecular complexity index is 274. The predicted octanol–water partition coefficient (Wildman–Crippen LogP) is 3.94. The zero-order valence-corrected chi connectivity index (χ0v) is 11.1. The van der Waals surface area contributed by atoms with E-state index in [9.17, 15) is 5.11 Å². The molecule has 1 atom stereocenters. The molecule has 1 rings (SSSR count). The molecule has 1 nitrogen and oxygen atoms in total. The van der Waals surface area contributed by atoms with Crippen LogP contribution in [-0.2, 0) is 0 Å². The van der Waals surface area contributed by atoms with Crippen molar-refractivity contribution >= 4 is 37.7 Å². The first-order chi connectivity index (χ1) is 8.34. The van der Waals surface area contributed by atoms with Crippen molar-refractivity contribution in [2.75, 3.05) is 0 Å². The molecule has 0 radical (unpaired) electrons. The number of benzene rings is 1. The number of hydrogen-bond acceptors (Lipinski definition) is 1. The molecule has 0 aliphatic rings. The Kier molecular flexibility index (Phi) is 12.8. The third-order valence-corrected chi connectivity index (χ3v) is 3.27. The van der Waals surface area contributed by atoms with Crippen molar-refractivity contribution in [2.45, 2.75) is 64.4 Å². The van der Waals surface area contributed by atoms with Gasteiger partial charge in [-0.25, -0.2) is 0 Å². The van der Waals surface area contributed by atoms with E-state index in [2.05, 4.69) is 6.92 Å². The van der Waals surface area contributed by atoms with E-state index in [0.29, 0.717) is 0 Å². The number of rotatable bonds is 9. The second-order valence-corrected chi connectivity index (χ2v) is 4.84. The van der Waals surface area contributed by atoms with Gasteiger partial charge < -0.3 is 5.11 Å². The molecule has 0 aromatic heterocycles. The van der Waals surface area contributed by atoms with Gasteiger partial charge in [-0.1, -0.05) is 82.2 Å². The van der Waals surface area contributed by atoms with Crippen molar-refractivity contribution in [3.63, 3.8) is 0 Å². The van der Waals surface area contributed by atoms with Crippen LogP contribution in [0.25, 0.3) is 0 Å². The topological polar surface area (TPSA) is 20.2 Å². The Labute approximate surface area is 142 Å². The predicted molar refractivity (Wildman–Crippen MR) is 82.6 cm³/mol. The van der Waals surface area contributed by atoms with Crippen LogP contribution in [0, 0.1) is 0 Å². The van der Waals surface area contributed by atoms with Crippen molar-refractivity contribution in [1.82, 2.24) is 0 Å². The van der Waals surface area contributed by atoms with Crippen LogP contribution in [0.4, 0.5) is 0 Å². The van der Waals surface area contributed by atoms with Crippen LogP contribution in [0.2, 0.25) is 0 Å². The fourth-order valence-electron chi connectivity index (χ4n) is 2.14. The van der Waals surface area contributed by atoms with Crippen LogP contribution in [0.3, 0.4) is 0 Å². The molecule has 2 heteroatoms. The molecule has 1 unspecified atom stereocenters. The van der Waals surface area contributed by atoms with E-state index in [-0.39, 0.29) is 43.8 Å². The average molecular weight is 276 g/mol. The van der Waals surface area contributed by atoms with E-state index in [0.717, 1.165) is 18.4 Å². The first-order valence-electron chi connectivity index (χ1n) is 7.07. The quantitative estimate of drug-likeness (QED) is 0.535. The van der Waals surface area contributed by atoms with E-state index in [1.807, 2.05) is 30.3 Å². The summed E-state index contributed by atoms with van der Waals surface area (Å²) >= 11 is 0. The molecule has 0 saturated heterocycles. The van der Waals surface area contributed by atoms with E-state index in [4.69, 9.17) is 0 Å². The maximum atomic E-state index is 9.96. The normalized spacial score (nSPS) is 11.9. The SMILES string of the molecule is CCCCCCCCCC(O)c1ccccc1.[CaH2]. The van der Waals surface area contributed by atoms with Gasteiger partial charge in [-0.05, 0) is 12.0 Å². The molecule has 1 N–H and O–H groups in total. The number of unbranched alkanes of at least 4 members (excludes halogenated alkanes) is 6. The second kappa shape index (κ2) is 12.5. The molecule has 0 aliphatic carbocycles. The zero-order chi connectivity index (χ0) is 12.3. The summed E-state index contributed by atoms with van der Waals surface area (Å²) in [4.78, 5) is 0. The van der Waals surface area contributed by atoms with E-state index >= 15 is 0 Å². The summed E-state index contributed by atoms with van der Waals surface area (Å²) in [5.74, 6) is 0. The Morgan fingerprint density at radius 3 is 2.06 bits per heavy atom. The van der Waals surface area contributed by atoms with Crippen LogP contribution in [0.15, 0.2) is 30.3 Å². The summed E-state index contributed by atoms with van der Waals surface area (Å²) in [6, 6.07) is 9.98. The van der Waals surface area contributed by atoms with E-state index in [1.165, 1.54) is 38.5 Å². The Morgan fingerprint density at radius 2 is 1.44 bits per heavy atom. The van der Waals surface area contributed by atoms with Gasteiger partial charge in [0.1, 0.15) is 0 Å². The molecular weight excluding hydrogens is 248 g/mol. The van der Waals surface area contributed by atoms with E-state index in [1.54, 1.807) is 0 Å². The monoisotopic (exact) mass is 276 g/mol. The van der Waals surface area contributed by atoms with Crippen LogP contribution < -0.4 is 0 Å². The van der Waals surface area contributed by atoms with Gasteiger partial charge in [0.05, 0.1) is 6.10 Å². The zero-order valence-electron chi connectivity index (χ0n) is 11.1. The summed E-state index contributed by atoms with van der Waals surface area (Å²) in [6.45, 7) is 2.25. The van der Waals surface area contributed by atoms with Crippen molar-refractivity contribution in [1.29, 1.82) is 0 Å². The van der Waals surface area contributed by atoms with Gasteiger partial charge in [-0.3, -0.25) is 0 Å². The van der Waals surface area contributed by atoms with Crippen molar-refractivity contribution in [2.24, 2.45) is 0 Å². The second-order valence-electron chi connectivity index (χ2n) is 4.84. The Hall–Kier alpha value is 0.440. The summed E-state index contributed by atoms with van der Waals surface area (Å²) in [6.07, 6.45) is 9.76. The summed E-state index contributed by atoms with van der Waals surface area (Å²) < 4.78 is 0. The van der Waals surface area contributed by atoms with Gasteiger partial charge in [0, 0.05) is 0 Å². The van der Waals surface area contributed by atoms with Gasteiger partial charge in [0.25, 0.3) is 0 Å². The molecule has 100 valence electrons. The first-order valence-corrected chi connectivity index (χ1v) is 7.07. The van der Waals surface area contributed by atoms with Crippen molar-refractivity contribution in [3.8, 4) is 0 Å². The number of aliphatic hydroxyl groups is 1. The molecule has 0 bridgehead atoms. The minimum atomic E-state index is -0.271. The summed E-state index contributed by atoms with van der Waals surface area (Å²) in [7, 11) is 0. The van der Waals surface area contributed by atoms with Crippen LogP contribution in [-0.4, -0.2) is 42.8 Å². The van der Waals surface area contributed by atoms with Crippen LogP contribution >= 0.6 is 0 Å². The maximum absolute atomic E-state index is 9.96. The van der Waals surface area contributed by atoms with Gasteiger partial charge in [-0.15, -0.1) is 0 Å². The molecule has 1 aromatic carbocycles. The number of hydrogen-bond donors (Lipinski definition) is 1. The molecular formula is C16H28CaO. The average Bonchev–Trinajstić information content (AvgIpc) is 2.38. The first kappa shape index (κ1) is 18.4. The van der Waals surface area contributed by atoms with Gasteiger partial charge in [-0.2, -0.15) is 0 Å². The molecule has 0 saturated carbocycles. The molecule has 0 heterocycles. The third kappa shape index (κ3) is 8.53. The molecule has 0 aliphatic heterocycles. The minimum absolute atomic E-state index is 0. The van der Waals surface area contributed by atoms with Gasteiger partial charge in [0.15, 0.2) is 0 Å². The molecule has 1 aromatic rings. The molecule has 18 heavy (non-hydrogen) atoms. The van der Waals surface area contributed by atoms with Crippen LogP contribution in [0.5, 0.6) is 0 Å². The Morgan fingerprint density at radius 1 is 0.889 bits per heavy atom. The van der Waals surface area contributed by atoms with Crippen molar-refractivity contribution < 1.29 is 5.11 Å². The van der Waals surface area contributed by atoms with Gasteiger partial charge in [0.2, 0.25) is 0 Å². The fraction of sp³-hybridized carbons (Fsp3) is 0.625. The van der Waals surface area contributed by atoms with Gasteiger partial charge >= 0.3 is 37.7 Å². The summed E-state index contributed by atoms with van der Waals surface area (Å²) in [5.41, 5.74) is 1.05.